The zero-order valence-electron chi connectivity index (χ0n) is 12.4. The van der Waals surface area contributed by atoms with Crippen molar-refractivity contribution in [1.82, 2.24) is 10.2 Å². The maximum Gasteiger partial charge on any atom is 0.117 e. The second kappa shape index (κ2) is 7.88. The first kappa shape index (κ1) is 14.8. The molecule has 0 spiro atoms. The highest BCUT2D eigenvalue weighted by atomic mass is 16.3. The first-order valence-corrected chi connectivity index (χ1v) is 7.27. The lowest BCUT2D eigenvalue weighted by Crippen LogP contribution is -2.17. The maximum absolute atomic E-state index is 5.38. The number of hydrogen-bond acceptors (Lipinski definition) is 3. The molecule has 0 aliphatic carbocycles. The molecule has 1 aromatic carbocycles. The van der Waals surface area contributed by atoms with Crippen molar-refractivity contribution in [3.05, 3.63) is 59.5 Å². The molecule has 20 heavy (non-hydrogen) atoms. The Morgan fingerprint density at radius 3 is 2.70 bits per heavy atom. The highest BCUT2D eigenvalue weighted by Gasteiger charge is 2.04. The molecule has 0 unspecified atom stereocenters. The molecule has 0 fully saturated rings. The summed E-state index contributed by atoms with van der Waals surface area (Å²) in [6.07, 6.45) is 2.90. The van der Waals surface area contributed by atoms with Gasteiger partial charge in [-0.2, -0.15) is 0 Å². The lowest BCUT2D eigenvalue weighted by Gasteiger charge is -2.16. The summed E-state index contributed by atoms with van der Waals surface area (Å²) in [5.74, 6) is 1.01. The summed E-state index contributed by atoms with van der Waals surface area (Å²) in [7, 11) is 2.12. The van der Waals surface area contributed by atoms with Gasteiger partial charge in [0.1, 0.15) is 5.76 Å². The van der Waals surface area contributed by atoms with Crippen molar-refractivity contribution < 1.29 is 4.42 Å². The third-order valence-electron chi connectivity index (χ3n) is 3.21. The van der Waals surface area contributed by atoms with Crippen LogP contribution in [0.25, 0.3) is 0 Å². The number of furan rings is 1. The number of nitrogens with one attached hydrogen (secondary N) is 1. The minimum atomic E-state index is 0.839. The van der Waals surface area contributed by atoms with Crippen molar-refractivity contribution >= 4 is 0 Å². The lowest BCUT2D eigenvalue weighted by molar-refractivity contribution is 0.288. The Balaban J connectivity index is 1.86. The highest BCUT2D eigenvalue weighted by Crippen LogP contribution is 2.10. The van der Waals surface area contributed by atoms with Gasteiger partial charge in [-0.3, -0.25) is 4.90 Å². The molecule has 1 aromatic heterocycles. The van der Waals surface area contributed by atoms with Gasteiger partial charge in [-0.15, -0.1) is 0 Å². The second-order valence-corrected chi connectivity index (χ2v) is 5.25. The van der Waals surface area contributed by atoms with Gasteiger partial charge in [0.25, 0.3) is 0 Å². The summed E-state index contributed by atoms with van der Waals surface area (Å²) in [6, 6.07) is 12.7. The Hall–Kier alpha value is -1.58. The van der Waals surface area contributed by atoms with E-state index in [4.69, 9.17) is 4.42 Å². The van der Waals surface area contributed by atoms with Gasteiger partial charge >= 0.3 is 0 Å². The molecule has 2 rings (SSSR count). The van der Waals surface area contributed by atoms with Gasteiger partial charge < -0.3 is 9.73 Å². The average molecular weight is 272 g/mol. The van der Waals surface area contributed by atoms with Crippen molar-refractivity contribution in [1.29, 1.82) is 0 Å². The molecule has 3 heteroatoms. The Labute approximate surface area is 121 Å². The molecular formula is C17H24N2O. The van der Waals surface area contributed by atoms with Gasteiger partial charge in [0.05, 0.1) is 12.8 Å². The SMILES string of the molecule is CCCNCc1cccc(CN(C)Cc2ccco2)c1. The smallest absolute Gasteiger partial charge is 0.117 e. The van der Waals surface area contributed by atoms with E-state index in [2.05, 4.69) is 48.5 Å². The van der Waals surface area contributed by atoms with Crippen LogP contribution in [0.5, 0.6) is 0 Å². The average Bonchev–Trinajstić information content (AvgIpc) is 2.92. The normalized spacial score (nSPS) is 11.2. The molecule has 1 N–H and O–H groups in total. The van der Waals surface area contributed by atoms with E-state index in [-0.39, 0.29) is 0 Å². The Kier molecular flexibility index (Phi) is 5.84. The molecule has 0 saturated carbocycles. The van der Waals surface area contributed by atoms with Crippen molar-refractivity contribution in [2.75, 3.05) is 13.6 Å². The summed E-state index contributed by atoms with van der Waals surface area (Å²) >= 11 is 0. The number of rotatable bonds is 8. The number of hydrogen-bond donors (Lipinski definition) is 1. The van der Waals surface area contributed by atoms with Gasteiger partial charge in [0, 0.05) is 13.1 Å². The molecule has 0 aliphatic rings. The molecule has 108 valence electrons. The Morgan fingerprint density at radius 1 is 1.10 bits per heavy atom. The summed E-state index contributed by atoms with van der Waals surface area (Å²) in [4.78, 5) is 2.26. The van der Waals surface area contributed by atoms with Crippen LogP contribution in [0.15, 0.2) is 47.1 Å². The van der Waals surface area contributed by atoms with E-state index in [9.17, 15) is 0 Å². The van der Waals surface area contributed by atoms with Crippen LogP contribution >= 0.6 is 0 Å². The summed E-state index contributed by atoms with van der Waals surface area (Å²) in [6.45, 7) is 5.98. The number of nitrogens with zero attached hydrogens (tertiary/aromatic N) is 1. The van der Waals surface area contributed by atoms with Crippen molar-refractivity contribution in [2.24, 2.45) is 0 Å². The topological polar surface area (TPSA) is 28.4 Å². The van der Waals surface area contributed by atoms with E-state index in [1.807, 2.05) is 12.1 Å². The summed E-state index contributed by atoms with van der Waals surface area (Å²) < 4.78 is 5.38. The summed E-state index contributed by atoms with van der Waals surface area (Å²) in [5.41, 5.74) is 2.69. The van der Waals surface area contributed by atoms with Crippen molar-refractivity contribution in [2.45, 2.75) is 33.0 Å². The molecule has 0 bridgehead atoms. The summed E-state index contributed by atoms with van der Waals surface area (Å²) in [5, 5.41) is 3.44. The molecule has 0 amide bonds. The monoisotopic (exact) mass is 272 g/mol. The van der Waals surface area contributed by atoms with Crippen LogP contribution in [0, 0.1) is 0 Å². The van der Waals surface area contributed by atoms with E-state index in [0.29, 0.717) is 0 Å². The fourth-order valence-corrected chi connectivity index (χ4v) is 2.28. The van der Waals surface area contributed by atoms with Crippen LogP contribution in [-0.4, -0.2) is 18.5 Å². The predicted octanol–water partition coefficient (Wildman–Crippen LogP) is 3.41. The third-order valence-corrected chi connectivity index (χ3v) is 3.21. The largest absolute Gasteiger partial charge is 0.468 e. The minimum Gasteiger partial charge on any atom is -0.468 e. The fourth-order valence-electron chi connectivity index (χ4n) is 2.28. The zero-order chi connectivity index (χ0) is 14.2. The first-order chi connectivity index (χ1) is 9.78. The van der Waals surface area contributed by atoms with Gasteiger partial charge in [-0.25, -0.2) is 0 Å². The van der Waals surface area contributed by atoms with Crippen molar-refractivity contribution in [3.63, 3.8) is 0 Å². The standard InChI is InChI=1S/C17H24N2O/c1-3-9-18-12-15-6-4-7-16(11-15)13-19(2)14-17-8-5-10-20-17/h4-8,10-11,18H,3,9,12-14H2,1-2H3. The zero-order valence-corrected chi connectivity index (χ0v) is 12.4. The quantitative estimate of drug-likeness (QED) is 0.746. The molecule has 0 aliphatic heterocycles. The molecule has 3 nitrogen and oxygen atoms in total. The Bertz CT molecular complexity index is 493. The molecule has 0 radical (unpaired) electrons. The van der Waals surface area contributed by atoms with E-state index >= 15 is 0 Å². The Morgan fingerprint density at radius 2 is 1.95 bits per heavy atom. The van der Waals surface area contributed by atoms with E-state index in [0.717, 1.165) is 31.9 Å². The second-order valence-electron chi connectivity index (χ2n) is 5.25. The highest BCUT2D eigenvalue weighted by molar-refractivity contribution is 5.23. The molecule has 1 heterocycles. The van der Waals surface area contributed by atoms with Crippen LogP contribution in [-0.2, 0) is 19.6 Å². The van der Waals surface area contributed by atoms with Crippen LogP contribution in [0.1, 0.15) is 30.2 Å². The molecule has 2 aromatic rings. The molecule has 0 saturated heterocycles. The molecule has 0 atom stereocenters. The first-order valence-electron chi connectivity index (χ1n) is 7.27. The minimum absolute atomic E-state index is 0.839. The maximum atomic E-state index is 5.38. The number of benzene rings is 1. The van der Waals surface area contributed by atoms with Gasteiger partial charge in [-0.1, -0.05) is 31.2 Å². The van der Waals surface area contributed by atoms with Gasteiger partial charge in [-0.05, 0) is 43.3 Å². The fraction of sp³-hybridized carbons (Fsp3) is 0.412. The van der Waals surface area contributed by atoms with Crippen molar-refractivity contribution in [3.8, 4) is 0 Å². The predicted molar refractivity (Wildman–Crippen MR) is 82.3 cm³/mol. The molecular weight excluding hydrogens is 248 g/mol. The van der Waals surface area contributed by atoms with E-state index in [1.165, 1.54) is 17.5 Å². The third kappa shape index (κ3) is 4.83. The van der Waals surface area contributed by atoms with Crippen LogP contribution < -0.4 is 5.32 Å². The lowest BCUT2D eigenvalue weighted by atomic mass is 10.1. The van der Waals surface area contributed by atoms with E-state index in [1.54, 1.807) is 6.26 Å². The van der Waals surface area contributed by atoms with Gasteiger partial charge in [0.2, 0.25) is 0 Å². The van der Waals surface area contributed by atoms with Crippen LogP contribution in [0.4, 0.5) is 0 Å². The van der Waals surface area contributed by atoms with Crippen LogP contribution in [0.3, 0.4) is 0 Å². The van der Waals surface area contributed by atoms with Gasteiger partial charge in [0.15, 0.2) is 0 Å². The van der Waals surface area contributed by atoms with E-state index < -0.39 is 0 Å². The van der Waals surface area contributed by atoms with Crippen LogP contribution in [0.2, 0.25) is 0 Å².